The minimum Gasteiger partial charge on any atom is -0.373 e. The van der Waals surface area contributed by atoms with Crippen LogP contribution in [0.1, 0.15) is 40.0 Å². The van der Waals surface area contributed by atoms with Gasteiger partial charge in [0.15, 0.2) is 0 Å². The summed E-state index contributed by atoms with van der Waals surface area (Å²) in [4.78, 5) is 0. The van der Waals surface area contributed by atoms with Gasteiger partial charge in [0, 0.05) is 11.5 Å². The zero-order valence-electron chi connectivity index (χ0n) is 12.4. The number of fused-ring (bicyclic) bond motifs is 2. The number of rotatable bonds is 6. The number of nitrogens with zero attached hydrogens (tertiary/aromatic N) is 2. The molecular formula is C15H22N2OS2. The molecule has 2 bridgehead atoms. The normalized spacial score (nSPS) is 34.1. The molecule has 0 aromatic heterocycles. The molecule has 0 radical (unpaired) electrons. The zero-order chi connectivity index (χ0) is 14.8. The quantitative estimate of drug-likeness (QED) is 0.694. The van der Waals surface area contributed by atoms with Crippen molar-refractivity contribution in [1.82, 2.24) is 0 Å². The molecule has 0 heterocycles. The van der Waals surface area contributed by atoms with E-state index in [1.165, 1.54) is 36.4 Å². The van der Waals surface area contributed by atoms with Crippen LogP contribution in [0.15, 0.2) is 0 Å². The molecule has 110 valence electrons. The van der Waals surface area contributed by atoms with Gasteiger partial charge in [0.25, 0.3) is 0 Å². The van der Waals surface area contributed by atoms with Crippen LogP contribution in [0.4, 0.5) is 0 Å². The molecule has 0 aromatic carbocycles. The number of thioether (sulfide) groups is 2. The molecule has 2 fully saturated rings. The van der Waals surface area contributed by atoms with Gasteiger partial charge in [-0.25, -0.2) is 0 Å². The highest BCUT2D eigenvalue weighted by Crippen LogP contribution is 2.66. The number of ether oxygens (including phenoxy) is 1. The topological polar surface area (TPSA) is 56.8 Å². The Hall–Kier alpha value is -0.360. The lowest BCUT2D eigenvalue weighted by Crippen LogP contribution is -2.40. The number of hydrogen-bond donors (Lipinski definition) is 0. The Balaban J connectivity index is 2.01. The molecule has 2 aliphatic rings. The fourth-order valence-electron chi connectivity index (χ4n) is 3.96. The van der Waals surface area contributed by atoms with Crippen LogP contribution in [-0.2, 0) is 4.74 Å². The van der Waals surface area contributed by atoms with E-state index in [0.29, 0.717) is 16.9 Å². The van der Waals surface area contributed by atoms with Crippen molar-refractivity contribution in [3.63, 3.8) is 0 Å². The molecule has 0 N–H and O–H groups in total. The van der Waals surface area contributed by atoms with Crippen molar-refractivity contribution in [1.29, 1.82) is 10.5 Å². The van der Waals surface area contributed by atoms with Crippen LogP contribution in [0.25, 0.3) is 0 Å². The van der Waals surface area contributed by atoms with Gasteiger partial charge in [-0.2, -0.15) is 10.5 Å². The van der Waals surface area contributed by atoms with Crippen molar-refractivity contribution in [2.75, 3.05) is 11.5 Å². The average Bonchev–Trinajstić information content (AvgIpc) is 2.74. The minimum atomic E-state index is 0.00118. The van der Waals surface area contributed by atoms with Gasteiger partial charge < -0.3 is 4.74 Å². The van der Waals surface area contributed by atoms with Gasteiger partial charge >= 0.3 is 0 Å². The summed E-state index contributed by atoms with van der Waals surface area (Å²) < 4.78 is 6.34. The Morgan fingerprint density at radius 3 is 2.20 bits per heavy atom. The van der Waals surface area contributed by atoms with Crippen molar-refractivity contribution in [2.45, 2.75) is 52.2 Å². The van der Waals surface area contributed by atoms with Gasteiger partial charge in [0.1, 0.15) is 10.8 Å². The first kappa shape index (κ1) is 16.0. The molecule has 20 heavy (non-hydrogen) atoms. The maximum absolute atomic E-state index is 8.73. The molecule has 3 atom stereocenters. The summed E-state index contributed by atoms with van der Waals surface area (Å²) in [6, 6.07) is 0. The van der Waals surface area contributed by atoms with Crippen LogP contribution in [0, 0.1) is 38.1 Å². The molecule has 0 aromatic rings. The second kappa shape index (κ2) is 6.18. The molecule has 0 spiro atoms. The van der Waals surface area contributed by atoms with E-state index in [-0.39, 0.29) is 17.6 Å². The van der Waals surface area contributed by atoms with Gasteiger partial charge in [-0.1, -0.05) is 20.8 Å². The van der Waals surface area contributed by atoms with Gasteiger partial charge in [-0.15, -0.1) is 0 Å². The summed E-state index contributed by atoms with van der Waals surface area (Å²) >= 11 is 2.45. The fourth-order valence-corrected chi connectivity index (χ4v) is 5.02. The van der Waals surface area contributed by atoms with E-state index in [0.717, 1.165) is 12.3 Å². The molecule has 2 saturated carbocycles. The lowest BCUT2D eigenvalue weighted by Gasteiger charge is -2.40. The summed E-state index contributed by atoms with van der Waals surface area (Å²) in [7, 11) is 0. The summed E-state index contributed by atoms with van der Waals surface area (Å²) in [5, 5.41) is 21.7. The van der Waals surface area contributed by atoms with Crippen LogP contribution in [0.5, 0.6) is 0 Å². The molecule has 0 saturated heterocycles. The Bertz CT molecular complexity index is 422. The van der Waals surface area contributed by atoms with Crippen molar-refractivity contribution in [3.8, 4) is 10.8 Å². The van der Waals surface area contributed by atoms with Crippen molar-refractivity contribution >= 4 is 23.5 Å². The lowest BCUT2D eigenvalue weighted by molar-refractivity contribution is -0.0709. The molecule has 0 unspecified atom stereocenters. The standard InChI is InChI=1S/C15H22N2OS2/c1-14(2)11-4-5-15(14,3)13(6-11)18-12(7-19-9-16)8-20-10-17/h11-13H,4-8H2,1-3H3/t11-,13+,15-/m0/s1. The SMILES string of the molecule is CC1(C)[C@H]2CC[C@@]1(C)[C@H](OC(CSC#N)CSC#N)C2. The molecule has 0 aliphatic heterocycles. The molecule has 3 nitrogen and oxygen atoms in total. The molecule has 0 amide bonds. The monoisotopic (exact) mass is 310 g/mol. The van der Waals surface area contributed by atoms with Crippen LogP contribution >= 0.6 is 23.5 Å². The van der Waals surface area contributed by atoms with E-state index in [1.54, 1.807) is 0 Å². The number of thiocyanates is 2. The van der Waals surface area contributed by atoms with Crippen LogP contribution in [0.2, 0.25) is 0 Å². The Morgan fingerprint density at radius 1 is 1.20 bits per heavy atom. The predicted octanol–water partition coefficient (Wildman–Crippen LogP) is 4.01. The van der Waals surface area contributed by atoms with Gasteiger partial charge in [0.2, 0.25) is 0 Å². The summed E-state index contributed by atoms with van der Waals surface area (Å²) in [6.45, 7) is 7.10. The third-order valence-corrected chi connectivity index (χ3v) is 7.07. The van der Waals surface area contributed by atoms with Crippen LogP contribution < -0.4 is 0 Å². The van der Waals surface area contributed by atoms with E-state index in [2.05, 4.69) is 31.6 Å². The lowest BCUT2D eigenvalue weighted by atomic mass is 9.70. The molecule has 2 aliphatic carbocycles. The molecule has 5 heteroatoms. The van der Waals surface area contributed by atoms with E-state index in [9.17, 15) is 0 Å². The molecule has 2 rings (SSSR count). The number of hydrogen-bond acceptors (Lipinski definition) is 5. The minimum absolute atomic E-state index is 0.00118. The smallest absolute Gasteiger partial charge is 0.133 e. The van der Waals surface area contributed by atoms with Gasteiger partial charge in [-0.3, -0.25) is 0 Å². The molecular weight excluding hydrogens is 288 g/mol. The summed E-state index contributed by atoms with van der Waals surface area (Å²) in [5.41, 5.74) is 0.581. The second-order valence-corrected chi connectivity index (χ2v) is 8.27. The van der Waals surface area contributed by atoms with Crippen LogP contribution in [0.3, 0.4) is 0 Å². The first-order chi connectivity index (χ1) is 9.45. The van der Waals surface area contributed by atoms with Crippen molar-refractivity contribution < 1.29 is 4.74 Å². The highest BCUT2D eigenvalue weighted by Gasteiger charge is 2.62. The van der Waals surface area contributed by atoms with Gasteiger partial charge in [0.05, 0.1) is 12.2 Å². The Morgan fingerprint density at radius 2 is 1.80 bits per heavy atom. The van der Waals surface area contributed by atoms with Crippen molar-refractivity contribution in [2.24, 2.45) is 16.7 Å². The van der Waals surface area contributed by atoms with Crippen LogP contribution in [-0.4, -0.2) is 23.7 Å². The Labute approximate surface area is 130 Å². The maximum Gasteiger partial charge on any atom is 0.133 e. The van der Waals surface area contributed by atoms with Crippen molar-refractivity contribution in [3.05, 3.63) is 0 Å². The zero-order valence-corrected chi connectivity index (χ0v) is 14.0. The summed E-state index contributed by atoms with van der Waals surface area (Å²) in [6.07, 6.45) is 3.96. The fraction of sp³-hybridized carbons (Fsp3) is 0.867. The second-order valence-electron chi connectivity index (χ2n) is 6.66. The van der Waals surface area contributed by atoms with E-state index < -0.39 is 0 Å². The highest BCUT2D eigenvalue weighted by molar-refractivity contribution is 8.04. The van der Waals surface area contributed by atoms with E-state index >= 15 is 0 Å². The largest absolute Gasteiger partial charge is 0.373 e. The third-order valence-electron chi connectivity index (χ3n) is 5.74. The average molecular weight is 310 g/mol. The Kier molecular flexibility index (Phi) is 4.95. The maximum atomic E-state index is 8.73. The van der Waals surface area contributed by atoms with Gasteiger partial charge in [-0.05, 0) is 59.5 Å². The summed E-state index contributed by atoms with van der Waals surface area (Å²) in [5.74, 6) is 2.07. The predicted molar refractivity (Wildman–Crippen MR) is 84.0 cm³/mol. The first-order valence-corrected chi connectivity index (χ1v) is 9.10. The number of nitriles is 2. The van der Waals surface area contributed by atoms with E-state index in [1.807, 2.05) is 0 Å². The highest BCUT2D eigenvalue weighted by atomic mass is 32.2. The first-order valence-electron chi connectivity index (χ1n) is 7.13. The third kappa shape index (κ3) is 2.69. The van der Waals surface area contributed by atoms with E-state index in [4.69, 9.17) is 15.3 Å².